The van der Waals surface area contributed by atoms with Crippen molar-refractivity contribution in [1.29, 1.82) is 0 Å². The molecule has 3 rings (SSSR count). The van der Waals surface area contributed by atoms with E-state index >= 15 is 0 Å². The van der Waals surface area contributed by atoms with Crippen LogP contribution in [0.4, 0.5) is 0 Å². The summed E-state index contributed by atoms with van der Waals surface area (Å²) in [5.74, 6) is 3.27. The van der Waals surface area contributed by atoms with Crippen LogP contribution in [0.25, 0.3) is 0 Å². The molecule has 26 heavy (non-hydrogen) atoms. The molecule has 0 amide bonds. The number of rotatable bonds is 7. The average Bonchev–Trinajstić information content (AvgIpc) is 2.68. The molecular formula is C21H28NO4+. The van der Waals surface area contributed by atoms with E-state index in [0.29, 0.717) is 13.2 Å². The maximum absolute atomic E-state index is 5.84. The quantitative estimate of drug-likeness (QED) is 0.827. The van der Waals surface area contributed by atoms with Gasteiger partial charge in [-0.05, 0) is 43.7 Å². The first-order valence-electron chi connectivity index (χ1n) is 9.19. The molecule has 140 valence electrons. The highest BCUT2D eigenvalue weighted by molar-refractivity contribution is 5.53. The molecule has 1 heterocycles. The number of nitrogens with two attached hydrogens (primary N) is 1. The second-order valence-electron chi connectivity index (χ2n) is 6.22. The van der Waals surface area contributed by atoms with Gasteiger partial charge >= 0.3 is 0 Å². The fourth-order valence-corrected chi connectivity index (χ4v) is 3.56. The van der Waals surface area contributed by atoms with Crippen molar-refractivity contribution in [2.45, 2.75) is 26.3 Å². The molecule has 0 unspecified atom stereocenters. The van der Waals surface area contributed by atoms with Crippen LogP contribution < -0.4 is 24.3 Å². The van der Waals surface area contributed by atoms with Gasteiger partial charge in [0.2, 0.25) is 0 Å². The van der Waals surface area contributed by atoms with Gasteiger partial charge in [0.15, 0.2) is 11.5 Å². The van der Waals surface area contributed by atoms with E-state index in [1.807, 2.05) is 26.0 Å². The number of hydrogen-bond donors (Lipinski definition) is 1. The van der Waals surface area contributed by atoms with Crippen LogP contribution in [0, 0.1) is 0 Å². The highest BCUT2D eigenvalue weighted by atomic mass is 16.5. The molecular weight excluding hydrogens is 330 g/mol. The van der Waals surface area contributed by atoms with Crippen molar-refractivity contribution < 1.29 is 24.3 Å². The number of ether oxygens (including phenoxy) is 4. The molecule has 0 aliphatic carbocycles. The van der Waals surface area contributed by atoms with Crippen LogP contribution in [0.3, 0.4) is 0 Å². The van der Waals surface area contributed by atoms with E-state index in [-0.39, 0.29) is 6.04 Å². The third-order valence-electron chi connectivity index (χ3n) is 4.73. The van der Waals surface area contributed by atoms with Gasteiger partial charge in [-0.3, -0.25) is 0 Å². The zero-order valence-corrected chi connectivity index (χ0v) is 16.0. The van der Waals surface area contributed by atoms with E-state index < -0.39 is 0 Å². The Morgan fingerprint density at radius 1 is 0.885 bits per heavy atom. The monoisotopic (exact) mass is 358 g/mol. The molecule has 0 saturated heterocycles. The van der Waals surface area contributed by atoms with Crippen LogP contribution in [0.5, 0.6) is 23.0 Å². The Bertz CT molecular complexity index is 760. The van der Waals surface area contributed by atoms with E-state index in [9.17, 15) is 0 Å². The Morgan fingerprint density at radius 3 is 2.27 bits per heavy atom. The molecule has 2 aromatic carbocycles. The van der Waals surface area contributed by atoms with Gasteiger partial charge in [-0.1, -0.05) is 0 Å². The van der Waals surface area contributed by atoms with Crippen molar-refractivity contribution in [3.05, 3.63) is 47.0 Å². The maximum atomic E-state index is 5.84. The minimum absolute atomic E-state index is 0.162. The Balaban J connectivity index is 2.07. The standard InChI is InChI=1S/C21H27NO4/c1-5-25-19-11-14-9-10-22-21(17(14)13-20(19)26-6-2)16-8-7-15(23-3)12-18(16)24-4/h7-8,11-13,21-22H,5-6,9-10H2,1-4H3/p+1/t21-/m0/s1. The average molecular weight is 358 g/mol. The van der Waals surface area contributed by atoms with Gasteiger partial charge < -0.3 is 24.3 Å². The van der Waals surface area contributed by atoms with E-state index in [4.69, 9.17) is 18.9 Å². The summed E-state index contributed by atoms with van der Waals surface area (Å²) in [6, 6.07) is 10.4. The lowest BCUT2D eigenvalue weighted by atomic mass is 9.89. The van der Waals surface area contributed by atoms with Crippen LogP contribution >= 0.6 is 0 Å². The fraction of sp³-hybridized carbons (Fsp3) is 0.429. The van der Waals surface area contributed by atoms with E-state index in [2.05, 4.69) is 23.5 Å². The maximum Gasteiger partial charge on any atom is 0.161 e. The minimum Gasteiger partial charge on any atom is -0.497 e. The first-order chi connectivity index (χ1) is 12.7. The molecule has 1 atom stereocenters. The summed E-state index contributed by atoms with van der Waals surface area (Å²) in [5.41, 5.74) is 3.70. The summed E-state index contributed by atoms with van der Waals surface area (Å²) in [7, 11) is 3.37. The first kappa shape index (κ1) is 18.4. The van der Waals surface area contributed by atoms with Crippen molar-refractivity contribution in [3.63, 3.8) is 0 Å². The molecule has 0 fully saturated rings. The highest BCUT2D eigenvalue weighted by Crippen LogP contribution is 2.38. The Kier molecular flexibility index (Phi) is 5.89. The molecule has 0 spiro atoms. The van der Waals surface area contributed by atoms with Crippen LogP contribution in [0.15, 0.2) is 30.3 Å². The summed E-state index contributed by atoms with van der Waals surface area (Å²) < 4.78 is 22.6. The summed E-state index contributed by atoms with van der Waals surface area (Å²) >= 11 is 0. The second kappa shape index (κ2) is 8.32. The fourth-order valence-electron chi connectivity index (χ4n) is 3.56. The molecule has 5 heteroatoms. The van der Waals surface area contributed by atoms with Crippen LogP contribution in [0.1, 0.15) is 36.6 Å². The molecule has 1 aliphatic heterocycles. The predicted molar refractivity (Wildman–Crippen MR) is 101 cm³/mol. The van der Waals surface area contributed by atoms with Gasteiger partial charge in [-0.15, -0.1) is 0 Å². The molecule has 1 aliphatic rings. The number of quaternary nitrogens is 1. The lowest BCUT2D eigenvalue weighted by Crippen LogP contribution is -2.87. The van der Waals surface area contributed by atoms with E-state index in [1.165, 1.54) is 11.1 Å². The molecule has 2 N–H and O–H groups in total. The van der Waals surface area contributed by atoms with Gasteiger partial charge in [-0.2, -0.15) is 0 Å². The zero-order chi connectivity index (χ0) is 18.5. The predicted octanol–water partition coefficient (Wildman–Crippen LogP) is 2.71. The molecule has 2 aromatic rings. The topological polar surface area (TPSA) is 53.5 Å². The number of fused-ring (bicyclic) bond motifs is 1. The van der Waals surface area contributed by atoms with E-state index in [0.717, 1.165) is 41.5 Å². The van der Waals surface area contributed by atoms with Gasteiger partial charge in [0, 0.05) is 18.1 Å². The smallest absolute Gasteiger partial charge is 0.161 e. The summed E-state index contributed by atoms with van der Waals surface area (Å²) in [6.45, 7) is 6.24. The Labute approximate surface area is 155 Å². The van der Waals surface area contributed by atoms with Gasteiger partial charge in [-0.25, -0.2) is 0 Å². The normalized spacial score (nSPS) is 15.9. The van der Waals surface area contributed by atoms with Crippen molar-refractivity contribution >= 4 is 0 Å². The Morgan fingerprint density at radius 2 is 1.62 bits per heavy atom. The Hall–Kier alpha value is -2.40. The van der Waals surface area contributed by atoms with Crippen molar-refractivity contribution in [1.82, 2.24) is 0 Å². The third kappa shape index (κ3) is 3.58. The zero-order valence-electron chi connectivity index (χ0n) is 16.0. The second-order valence-corrected chi connectivity index (χ2v) is 6.22. The lowest BCUT2D eigenvalue weighted by molar-refractivity contribution is -0.690. The molecule has 0 aromatic heterocycles. The minimum atomic E-state index is 0.162. The van der Waals surface area contributed by atoms with Crippen LogP contribution in [0.2, 0.25) is 0 Å². The SMILES string of the molecule is CCOc1cc2c(cc1OCC)[C@H](c1ccc(OC)cc1OC)[NH2+]CC2. The van der Waals surface area contributed by atoms with Gasteiger partial charge in [0.05, 0.1) is 39.5 Å². The van der Waals surface area contributed by atoms with Crippen molar-refractivity contribution in [3.8, 4) is 23.0 Å². The van der Waals surface area contributed by atoms with Gasteiger partial charge in [0.1, 0.15) is 17.5 Å². The number of hydrogen-bond acceptors (Lipinski definition) is 4. The third-order valence-corrected chi connectivity index (χ3v) is 4.73. The first-order valence-corrected chi connectivity index (χ1v) is 9.19. The summed E-state index contributed by atoms with van der Waals surface area (Å²) in [6.07, 6.45) is 1.01. The lowest BCUT2D eigenvalue weighted by Gasteiger charge is -2.27. The summed E-state index contributed by atoms with van der Waals surface area (Å²) in [5, 5.41) is 2.35. The number of methoxy groups -OCH3 is 2. The highest BCUT2D eigenvalue weighted by Gasteiger charge is 2.29. The molecule has 0 bridgehead atoms. The van der Waals surface area contributed by atoms with Gasteiger partial charge in [0.25, 0.3) is 0 Å². The van der Waals surface area contributed by atoms with Crippen LogP contribution in [-0.4, -0.2) is 34.0 Å². The molecule has 5 nitrogen and oxygen atoms in total. The molecule has 0 saturated carbocycles. The van der Waals surface area contributed by atoms with Crippen molar-refractivity contribution in [2.24, 2.45) is 0 Å². The number of benzene rings is 2. The summed E-state index contributed by atoms with van der Waals surface area (Å²) in [4.78, 5) is 0. The van der Waals surface area contributed by atoms with Crippen molar-refractivity contribution in [2.75, 3.05) is 34.0 Å². The largest absolute Gasteiger partial charge is 0.497 e. The van der Waals surface area contributed by atoms with Crippen LogP contribution in [-0.2, 0) is 6.42 Å². The molecule has 0 radical (unpaired) electrons. The van der Waals surface area contributed by atoms with E-state index in [1.54, 1.807) is 14.2 Å².